The van der Waals surface area contributed by atoms with Crippen molar-refractivity contribution >= 4 is 26.9 Å². The highest BCUT2D eigenvalue weighted by atomic mass is 79.9. The Morgan fingerprint density at radius 2 is 2.15 bits per heavy atom. The number of hydrogen-bond donors (Lipinski definition) is 1. The van der Waals surface area contributed by atoms with Crippen molar-refractivity contribution < 1.29 is 9.52 Å². The van der Waals surface area contributed by atoms with Gasteiger partial charge in [-0.05, 0) is 18.2 Å². The van der Waals surface area contributed by atoms with Crippen molar-refractivity contribution in [1.82, 2.24) is 0 Å². The Labute approximate surface area is 81.7 Å². The molecule has 1 N–H and O–H groups in total. The van der Waals surface area contributed by atoms with Crippen molar-refractivity contribution in [3.8, 4) is 5.75 Å². The average Bonchev–Trinajstić information content (AvgIpc) is 2.12. The van der Waals surface area contributed by atoms with Gasteiger partial charge in [-0.15, -0.1) is 0 Å². The molecule has 0 radical (unpaired) electrons. The summed E-state index contributed by atoms with van der Waals surface area (Å²) in [6.07, 6.45) is 1.04. The summed E-state index contributed by atoms with van der Waals surface area (Å²) < 4.78 is 5.78. The zero-order chi connectivity index (χ0) is 9.42. The molecule has 3 nitrogen and oxygen atoms in total. The van der Waals surface area contributed by atoms with Gasteiger partial charge in [0, 0.05) is 4.47 Å². The Kier molecular flexibility index (Phi) is 1.84. The van der Waals surface area contributed by atoms with Gasteiger partial charge < -0.3 is 9.52 Å². The second kappa shape index (κ2) is 2.88. The summed E-state index contributed by atoms with van der Waals surface area (Å²) in [6.45, 7) is 0. The lowest BCUT2D eigenvalue weighted by molar-refractivity contribution is 0.442. The topological polar surface area (TPSA) is 50.4 Å². The molecule has 0 spiro atoms. The first-order valence-corrected chi connectivity index (χ1v) is 4.38. The SMILES string of the molecule is O=c1c(O)coc2ccc(Br)cc12. The van der Waals surface area contributed by atoms with Crippen molar-refractivity contribution in [3.05, 3.63) is 39.2 Å². The minimum absolute atomic E-state index is 0.370. The van der Waals surface area contributed by atoms with E-state index in [0.717, 1.165) is 10.7 Å². The monoisotopic (exact) mass is 240 g/mol. The normalized spacial score (nSPS) is 10.5. The second-order valence-electron chi connectivity index (χ2n) is 2.59. The fraction of sp³-hybridized carbons (Fsp3) is 0. The minimum Gasteiger partial charge on any atom is -0.502 e. The van der Waals surface area contributed by atoms with Gasteiger partial charge in [-0.1, -0.05) is 15.9 Å². The van der Waals surface area contributed by atoms with Gasteiger partial charge >= 0.3 is 0 Å². The molecule has 1 aromatic carbocycles. The Balaban J connectivity index is 2.97. The van der Waals surface area contributed by atoms with Crippen LogP contribution in [-0.4, -0.2) is 5.11 Å². The lowest BCUT2D eigenvalue weighted by Gasteiger charge is -1.96. The fourth-order valence-electron chi connectivity index (χ4n) is 1.09. The van der Waals surface area contributed by atoms with E-state index in [-0.39, 0.29) is 5.75 Å². The van der Waals surface area contributed by atoms with Gasteiger partial charge in [0.1, 0.15) is 11.8 Å². The molecule has 0 unspecified atom stereocenters. The maximum Gasteiger partial charge on any atom is 0.234 e. The first kappa shape index (κ1) is 8.31. The summed E-state index contributed by atoms with van der Waals surface area (Å²) in [5.41, 5.74) is 0.0496. The molecule has 4 heteroatoms. The van der Waals surface area contributed by atoms with Gasteiger partial charge in [0.25, 0.3) is 0 Å². The number of halogens is 1. The molecule has 0 atom stereocenters. The highest BCUT2D eigenvalue weighted by Crippen LogP contribution is 2.18. The first-order chi connectivity index (χ1) is 6.18. The summed E-state index contributed by atoms with van der Waals surface area (Å²) in [5.74, 6) is -0.370. The Bertz CT molecular complexity index is 510. The molecule has 0 aliphatic carbocycles. The largest absolute Gasteiger partial charge is 0.502 e. The molecule has 66 valence electrons. The van der Waals surface area contributed by atoms with E-state index < -0.39 is 5.43 Å². The lowest BCUT2D eigenvalue weighted by atomic mass is 10.2. The van der Waals surface area contributed by atoms with Crippen LogP contribution < -0.4 is 5.43 Å². The molecule has 0 aliphatic rings. The molecule has 13 heavy (non-hydrogen) atoms. The van der Waals surface area contributed by atoms with Crippen molar-refractivity contribution in [2.24, 2.45) is 0 Å². The fourth-order valence-corrected chi connectivity index (χ4v) is 1.45. The van der Waals surface area contributed by atoms with E-state index in [1.807, 2.05) is 0 Å². The van der Waals surface area contributed by atoms with Crippen LogP contribution in [0.5, 0.6) is 5.75 Å². The lowest BCUT2D eigenvalue weighted by Crippen LogP contribution is -1.99. The molecule has 2 aromatic rings. The molecular weight excluding hydrogens is 236 g/mol. The van der Waals surface area contributed by atoms with Crippen LogP contribution in [0.1, 0.15) is 0 Å². The zero-order valence-electron chi connectivity index (χ0n) is 6.45. The summed E-state index contributed by atoms with van der Waals surface area (Å²) in [7, 11) is 0. The highest BCUT2D eigenvalue weighted by molar-refractivity contribution is 9.10. The number of aromatic hydroxyl groups is 1. The van der Waals surface area contributed by atoms with Crippen LogP contribution in [0.2, 0.25) is 0 Å². The van der Waals surface area contributed by atoms with Crippen LogP contribution in [0.25, 0.3) is 11.0 Å². The molecule has 2 rings (SSSR count). The quantitative estimate of drug-likeness (QED) is 0.769. The van der Waals surface area contributed by atoms with Gasteiger partial charge in [0.2, 0.25) is 5.43 Å². The summed E-state index contributed by atoms with van der Waals surface area (Å²) in [6, 6.07) is 5.05. The predicted molar refractivity (Wildman–Crippen MR) is 51.8 cm³/mol. The maximum atomic E-state index is 11.3. The van der Waals surface area contributed by atoms with E-state index in [9.17, 15) is 4.79 Å². The molecule has 1 heterocycles. The van der Waals surface area contributed by atoms with Crippen LogP contribution in [0.3, 0.4) is 0 Å². The van der Waals surface area contributed by atoms with Gasteiger partial charge in [-0.2, -0.15) is 0 Å². The molecular formula is C9H5BrO3. The molecule has 0 aliphatic heterocycles. The van der Waals surface area contributed by atoms with E-state index in [0.29, 0.717) is 11.0 Å². The summed E-state index contributed by atoms with van der Waals surface area (Å²) >= 11 is 3.23. The Hall–Kier alpha value is -1.29. The Morgan fingerprint density at radius 3 is 2.92 bits per heavy atom. The molecule has 0 saturated heterocycles. The molecule has 0 saturated carbocycles. The molecule has 0 bridgehead atoms. The molecule has 1 aromatic heterocycles. The van der Waals surface area contributed by atoms with Crippen molar-refractivity contribution in [1.29, 1.82) is 0 Å². The first-order valence-electron chi connectivity index (χ1n) is 3.58. The maximum absolute atomic E-state index is 11.3. The summed E-state index contributed by atoms with van der Waals surface area (Å²) in [4.78, 5) is 11.3. The predicted octanol–water partition coefficient (Wildman–Crippen LogP) is 2.26. The van der Waals surface area contributed by atoms with E-state index in [4.69, 9.17) is 9.52 Å². The van der Waals surface area contributed by atoms with Crippen LogP contribution in [0, 0.1) is 0 Å². The Morgan fingerprint density at radius 1 is 1.38 bits per heavy atom. The second-order valence-corrected chi connectivity index (χ2v) is 3.51. The van der Waals surface area contributed by atoms with E-state index >= 15 is 0 Å². The number of fused-ring (bicyclic) bond motifs is 1. The number of hydrogen-bond acceptors (Lipinski definition) is 3. The zero-order valence-corrected chi connectivity index (χ0v) is 8.04. The summed E-state index contributed by atoms with van der Waals surface area (Å²) in [5, 5.41) is 9.46. The average molecular weight is 241 g/mol. The van der Waals surface area contributed by atoms with Crippen LogP contribution in [-0.2, 0) is 0 Å². The molecule has 0 fully saturated rings. The van der Waals surface area contributed by atoms with E-state index in [1.165, 1.54) is 0 Å². The van der Waals surface area contributed by atoms with Gasteiger partial charge in [-0.3, -0.25) is 4.79 Å². The molecule has 0 amide bonds. The smallest absolute Gasteiger partial charge is 0.234 e. The van der Waals surface area contributed by atoms with Crippen molar-refractivity contribution in [2.45, 2.75) is 0 Å². The van der Waals surface area contributed by atoms with Gasteiger partial charge in [-0.25, -0.2) is 0 Å². The third-order valence-corrected chi connectivity index (χ3v) is 2.21. The van der Waals surface area contributed by atoms with Crippen LogP contribution in [0.15, 0.2) is 38.1 Å². The van der Waals surface area contributed by atoms with Crippen LogP contribution >= 0.6 is 15.9 Å². The minimum atomic E-state index is -0.414. The van der Waals surface area contributed by atoms with E-state index in [2.05, 4.69) is 15.9 Å². The van der Waals surface area contributed by atoms with Gasteiger partial charge in [0.15, 0.2) is 5.75 Å². The number of rotatable bonds is 0. The third kappa shape index (κ3) is 1.33. The van der Waals surface area contributed by atoms with Crippen molar-refractivity contribution in [2.75, 3.05) is 0 Å². The number of benzene rings is 1. The standard InChI is InChI=1S/C9H5BrO3/c10-5-1-2-8-6(3-5)9(12)7(11)4-13-8/h1-4,11H. The van der Waals surface area contributed by atoms with Gasteiger partial charge in [0.05, 0.1) is 5.39 Å². The highest BCUT2D eigenvalue weighted by Gasteiger charge is 2.04. The van der Waals surface area contributed by atoms with E-state index in [1.54, 1.807) is 18.2 Å². The van der Waals surface area contributed by atoms with Crippen molar-refractivity contribution in [3.63, 3.8) is 0 Å². The third-order valence-electron chi connectivity index (χ3n) is 1.72. The van der Waals surface area contributed by atoms with Crippen LogP contribution in [0.4, 0.5) is 0 Å².